The zero-order valence-corrected chi connectivity index (χ0v) is 9.37. The molecule has 0 spiro atoms. The molecule has 0 N–H and O–H groups in total. The van der Waals surface area contributed by atoms with E-state index in [1.54, 1.807) is 6.07 Å². The van der Waals surface area contributed by atoms with Gasteiger partial charge in [0, 0.05) is 8.45 Å². The highest BCUT2D eigenvalue weighted by atomic mass is 127. The minimum Gasteiger partial charge on any atom is -0.205 e. The molecule has 1 aromatic carbocycles. The van der Waals surface area contributed by atoms with E-state index < -0.39 is 0 Å². The van der Waals surface area contributed by atoms with E-state index in [0.717, 1.165) is 18.5 Å². The maximum atomic E-state index is 13.3. The normalized spacial score (nSPS) is 10.9. The molecule has 12 heavy (non-hydrogen) atoms. The molecule has 2 rings (SSSR count). The minimum absolute atomic E-state index is 0.102. The lowest BCUT2D eigenvalue weighted by atomic mass is 10.2. The zero-order chi connectivity index (χ0) is 8.72. The summed E-state index contributed by atoms with van der Waals surface area (Å²) in [5.41, 5.74) is 0. The fraction of sp³-hybridized carbons (Fsp3) is 0.111. The molecule has 0 aliphatic carbocycles. The van der Waals surface area contributed by atoms with E-state index in [4.69, 9.17) is 0 Å². The lowest BCUT2D eigenvalue weighted by molar-refractivity contribution is 0.641. The molecule has 0 atom stereocenters. The first-order valence-corrected chi connectivity index (χ1v) is 5.41. The lowest BCUT2D eigenvalue weighted by Crippen LogP contribution is -1.75. The predicted octanol–water partition coefficient (Wildman–Crippen LogP) is 3.95. The number of halogens is 2. The van der Waals surface area contributed by atoms with E-state index in [1.807, 2.05) is 19.1 Å². The van der Waals surface area contributed by atoms with Crippen molar-refractivity contribution in [1.82, 2.24) is 0 Å². The van der Waals surface area contributed by atoms with Crippen molar-refractivity contribution in [3.8, 4) is 0 Å². The molecule has 0 amide bonds. The summed E-state index contributed by atoms with van der Waals surface area (Å²) in [5.74, 6) is -0.102. The van der Waals surface area contributed by atoms with Crippen LogP contribution in [0.1, 0.15) is 4.88 Å². The van der Waals surface area contributed by atoms with Gasteiger partial charge in [-0.1, -0.05) is 0 Å². The number of hydrogen-bond donors (Lipinski definition) is 0. The summed E-state index contributed by atoms with van der Waals surface area (Å²) in [6.07, 6.45) is 0. The number of thiophene rings is 1. The van der Waals surface area contributed by atoms with Crippen molar-refractivity contribution in [3.05, 3.63) is 32.5 Å². The second kappa shape index (κ2) is 2.96. The maximum Gasteiger partial charge on any atom is 0.142 e. The van der Waals surface area contributed by atoms with Gasteiger partial charge in [0.25, 0.3) is 0 Å². The molecule has 0 saturated heterocycles. The minimum atomic E-state index is -0.102. The van der Waals surface area contributed by atoms with Crippen LogP contribution in [-0.2, 0) is 0 Å². The summed E-state index contributed by atoms with van der Waals surface area (Å²) in [6.45, 7) is 2.00. The standard InChI is InChI=1S/C9H6FIS/c1-5-2-6-3-7(11)4-8(10)9(6)12-5/h2-4H,1H3. The molecule has 0 unspecified atom stereocenters. The van der Waals surface area contributed by atoms with Gasteiger partial charge in [-0.3, -0.25) is 0 Å². The number of fused-ring (bicyclic) bond motifs is 1. The Hall–Kier alpha value is -0.160. The zero-order valence-electron chi connectivity index (χ0n) is 6.40. The number of hydrogen-bond acceptors (Lipinski definition) is 1. The molecule has 0 radical (unpaired) electrons. The van der Waals surface area contributed by atoms with Crippen molar-refractivity contribution in [3.63, 3.8) is 0 Å². The van der Waals surface area contributed by atoms with Gasteiger partial charge in [-0.25, -0.2) is 4.39 Å². The molecule has 0 bridgehead atoms. The van der Waals surface area contributed by atoms with Gasteiger partial charge in [-0.2, -0.15) is 0 Å². The van der Waals surface area contributed by atoms with Crippen molar-refractivity contribution in [1.29, 1.82) is 0 Å². The summed E-state index contributed by atoms with van der Waals surface area (Å²) in [4.78, 5) is 1.16. The van der Waals surface area contributed by atoms with Gasteiger partial charge in [0.15, 0.2) is 0 Å². The molecule has 0 saturated carbocycles. The Bertz CT molecular complexity index is 433. The molecular formula is C9H6FIS. The van der Waals surface area contributed by atoms with Crippen LogP contribution in [0.3, 0.4) is 0 Å². The van der Waals surface area contributed by atoms with Gasteiger partial charge in [0.1, 0.15) is 5.82 Å². The Morgan fingerprint density at radius 2 is 2.08 bits per heavy atom. The van der Waals surface area contributed by atoms with E-state index in [1.165, 1.54) is 11.3 Å². The van der Waals surface area contributed by atoms with Crippen LogP contribution in [0.15, 0.2) is 18.2 Å². The molecule has 2 aromatic rings. The van der Waals surface area contributed by atoms with Gasteiger partial charge in [0.2, 0.25) is 0 Å². The van der Waals surface area contributed by atoms with Crippen molar-refractivity contribution >= 4 is 44.0 Å². The van der Waals surface area contributed by atoms with Crippen LogP contribution in [0.25, 0.3) is 10.1 Å². The third kappa shape index (κ3) is 1.35. The van der Waals surface area contributed by atoms with Crippen LogP contribution in [0, 0.1) is 16.3 Å². The Morgan fingerprint density at radius 3 is 2.83 bits per heavy atom. The van der Waals surface area contributed by atoms with Crippen molar-refractivity contribution < 1.29 is 4.39 Å². The molecule has 3 heteroatoms. The summed E-state index contributed by atoms with van der Waals surface area (Å²) in [5, 5.41) is 1.02. The average molecular weight is 292 g/mol. The van der Waals surface area contributed by atoms with Gasteiger partial charge < -0.3 is 0 Å². The fourth-order valence-electron chi connectivity index (χ4n) is 1.20. The van der Waals surface area contributed by atoms with E-state index in [-0.39, 0.29) is 5.82 Å². The van der Waals surface area contributed by atoms with Gasteiger partial charge in [-0.15, -0.1) is 11.3 Å². The highest BCUT2D eigenvalue weighted by Crippen LogP contribution is 2.28. The Kier molecular flexibility index (Phi) is 2.08. The van der Waals surface area contributed by atoms with E-state index in [9.17, 15) is 4.39 Å². The van der Waals surface area contributed by atoms with Crippen LogP contribution in [0.2, 0.25) is 0 Å². The summed E-state index contributed by atoms with van der Waals surface area (Å²) in [6, 6.07) is 5.59. The number of aryl methyl sites for hydroxylation is 1. The van der Waals surface area contributed by atoms with Gasteiger partial charge in [0.05, 0.1) is 4.70 Å². The second-order valence-corrected chi connectivity index (χ2v) is 5.16. The average Bonchev–Trinajstić information content (AvgIpc) is 2.29. The lowest BCUT2D eigenvalue weighted by Gasteiger charge is -1.92. The first kappa shape index (κ1) is 8.44. The van der Waals surface area contributed by atoms with E-state index >= 15 is 0 Å². The Balaban J connectivity index is 2.88. The molecule has 0 aliphatic rings. The van der Waals surface area contributed by atoms with E-state index in [2.05, 4.69) is 22.6 Å². The first-order valence-electron chi connectivity index (χ1n) is 3.52. The van der Waals surface area contributed by atoms with Crippen LogP contribution in [0.4, 0.5) is 4.39 Å². The van der Waals surface area contributed by atoms with Gasteiger partial charge in [-0.05, 0) is 53.1 Å². The highest BCUT2D eigenvalue weighted by molar-refractivity contribution is 14.1. The summed E-state index contributed by atoms with van der Waals surface area (Å²) in [7, 11) is 0. The van der Waals surface area contributed by atoms with E-state index in [0.29, 0.717) is 0 Å². The monoisotopic (exact) mass is 292 g/mol. The molecule has 0 nitrogen and oxygen atoms in total. The quantitative estimate of drug-likeness (QED) is 0.645. The Morgan fingerprint density at radius 1 is 1.33 bits per heavy atom. The van der Waals surface area contributed by atoms with Crippen LogP contribution in [0.5, 0.6) is 0 Å². The Labute approximate surface area is 87.5 Å². The molecular weight excluding hydrogens is 286 g/mol. The van der Waals surface area contributed by atoms with Crippen molar-refractivity contribution in [2.75, 3.05) is 0 Å². The van der Waals surface area contributed by atoms with Crippen LogP contribution in [-0.4, -0.2) is 0 Å². The predicted molar refractivity (Wildman–Crippen MR) is 59.2 cm³/mol. The number of rotatable bonds is 0. The van der Waals surface area contributed by atoms with Crippen LogP contribution >= 0.6 is 33.9 Å². The maximum absolute atomic E-state index is 13.3. The SMILES string of the molecule is Cc1cc2cc(I)cc(F)c2s1. The largest absolute Gasteiger partial charge is 0.205 e. The molecule has 0 fully saturated rings. The van der Waals surface area contributed by atoms with Gasteiger partial charge >= 0.3 is 0 Å². The fourth-order valence-corrected chi connectivity index (χ4v) is 2.71. The third-order valence-electron chi connectivity index (χ3n) is 1.66. The summed E-state index contributed by atoms with van der Waals surface area (Å²) < 4.78 is 15.0. The molecule has 1 heterocycles. The highest BCUT2D eigenvalue weighted by Gasteiger charge is 2.04. The van der Waals surface area contributed by atoms with Crippen LogP contribution < -0.4 is 0 Å². The van der Waals surface area contributed by atoms with Crippen molar-refractivity contribution in [2.24, 2.45) is 0 Å². The topological polar surface area (TPSA) is 0 Å². The first-order chi connectivity index (χ1) is 5.66. The molecule has 62 valence electrons. The second-order valence-electron chi connectivity index (χ2n) is 2.66. The smallest absolute Gasteiger partial charge is 0.142 e. The van der Waals surface area contributed by atoms with Crippen molar-refractivity contribution in [2.45, 2.75) is 6.92 Å². The third-order valence-corrected chi connectivity index (χ3v) is 3.36. The molecule has 0 aliphatic heterocycles. The number of benzene rings is 1. The molecule has 1 aromatic heterocycles. The summed E-state index contributed by atoms with van der Waals surface area (Å²) >= 11 is 3.64.